The van der Waals surface area contributed by atoms with Gasteiger partial charge in [0, 0.05) is 13.6 Å². The fraction of sp³-hybridized carbons (Fsp3) is 0.364. The molecule has 0 atom stereocenters. The maximum absolute atomic E-state index is 13.5. The van der Waals surface area contributed by atoms with Gasteiger partial charge in [-0.3, -0.25) is 4.79 Å². The second-order valence-electron chi connectivity index (χ2n) is 3.94. The smallest absolute Gasteiger partial charge is 0.387 e. The lowest BCUT2D eigenvalue weighted by atomic mass is 10.3. The molecule has 6 nitrogen and oxygen atoms in total. The molecule has 21 heavy (non-hydrogen) atoms. The summed E-state index contributed by atoms with van der Waals surface area (Å²) in [6, 6.07) is 2.19. The molecule has 0 aliphatic rings. The monoisotopic (exact) mass is 327 g/mol. The summed E-state index contributed by atoms with van der Waals surface area (Å²) >= 11 is 0. The van der Waals surface area contributed by atoms with Gasteiger partial charge in [0.25, 0.3) is 0 Å². The van der Waals surface area contributed by atoms with E-state index in [2.05, 4.69) is 4.74 Å². The molecule has 1 aromatic rings. The highest BCUT2D eigenvalue weighted by atomic mass is 32.2. The summed E-state index contributed by atoms with van der Waals surface area (Å²) in [5.74, 6) is -3.23. The summed E-state index contributed by atoms with van der Waals surface area (Å²) in [5.41, 5.74) is 0. The SMILES string of the molecule is CN(CCC(=O)O)S(=O)(=O)c1ccc(OC(F)F)c(F)c1. The molecule has 0 spiro atoms. The van der Waals surface area contributed by atoms with Crippen LogP contribution in [0.4, 0.5) is 13.2 Å². The van der Waals surface area contributed by atoms with Crippen molar-refractivity contribution in [2.75, 3.05) is 13.6 Å². The third-order valence-electron chi connectivity index (χ3n) is 2.47. The van der Waals surface area contributed by atoms with E-state index >= 15 is 0 Å². The average molecular weight is 327 g/mol. The standard InChI is InChI=1S/C11H12F3NO5S/c1-15(5-4-10(16)17)21(18,19)7-2-3-9(8(12)6-7)20-11(13)14/h2-3,6,11H,4-5H2,1H3,(H,16,17). The topological polar surface area (TPSA) is 83.9 Å². The lowest BCUT2D eigenvalue weighted by Gasteiger charge is -2.16. The minimum atomic E-state index is -4.12. The van der Waals surface area contributed by atoms with Gasteiger partial charge >= 0.3 is 12.6 Å². The van der Waals surface area contributed by atoms with Crippen molar-refractivity contribution in [3.05, 3.63) is 24.0 Å². The molecule has 0 bridgehead atoms. The number of hydrogen-bond donors (Lipinski definition) is 1. The third kappa shape index (κ3) is 4.60. The quantitative estimate of drug-likeness (QED) is 0.821. The van der Waals surface area contributed by atoms with Crippen LogP contribution in [0.25, 0.3) is 0 Å². The van der Waals surface area contributed by atoms with Crippen LogP contribution in [0.3, 0.4) is 0 Å². The predicted molar refractivity (Wildman–Crippen MR) is 65.1 cm³/mol. The first-order chi connectivity index (χ1) is 9.64. The molecule has 0 aromatic heterocycles. The van der Waals surface area contributed by atoms with Gasteiger partial charge in [-0.05, 0) is 18.2 Å². The van der Waals surface area contributed by atoms with Crippen molar-refractivity contribution in [1.29, 1.82) is 0 Å². The van der Waals surface area contributed by atoms with Crippen LogP contribution in [0, 0.1) is 5.82 Å². The molecule has 1 rings (SSSR count). The molecule has 0 aliphatic carbocycles. The van der Waals surface area contributed by atoms with Crippen molar-refractivity contribution in [2.45, 2.75) is 17.9 Å². The molecular formula is C11H12F3NO5S. The van der Waals surface area contributed by atoms with Gasteiger partial charge in [-0.2, -0.15) is 8.78 Å². The van der Waals surface area contributed by atoms with Crippen molar-refractivity contribution in [1.82, 2.24) is 4.31 Å². The number of rotatable bonds is 7. The van der Waals surface area contributed by atoms with E-state index in [1.165, 1.54) is 0 Å². The first-order valence-electron chi connectivity index (χ1n) is 5.57. The number of alkyl halides is 2. The molecule has 0 aliphatic heterocycles. The summed E-state index contributed by atoms with van der Waals surface area (Å²) in [5, 5.41) is 8.49. The molecule has 1 N–H and O–H groups in total. The van der Waals surface area contributed by atoms with Gasteiger partial charge in [0.05, 0.1) is 11.3 Å². The van der Waals surface area contributed by atoms with Gasteiger partial charge in [0.1, 0.15) is 0 Å². The van der Waals surface area contributed by atoms with Crippen LogP contribution in [0.15, 0.2) is 23.1 Å². The Kier molecular flexibility index (Phi) is 5.55. The van der Waals surface area contributed by atoms with E-state index in [0.717, 1.165) is 23.5 Å². The van der Waals surface area contributed by atoms with E-state index in [-0.39, 0.29) is 6.54 Å². The summed E-state index contributed by atoms with van der Waals surface area (Å²) in [6.07, 6.45) is -0.426. The third-order valence-corrected chi connectivity index (χ3v) is 4.32. The van der Waals surface area contributed by atoms with E-state index in [4.69, 9.17) is 5.11 Å². The van der Waals surface area contributed by atoms with Crippen LogP contribution in [-0.4, -0.2) is 44.0 Å². The zero-order valence-corrected chi connectivity index (χ0v) is 11.6. The summed E-state index contributed by atoms with van der Waals surface area (Å²) in [4.78, 5) is 9.91. The van der Waals surface area contributed by atoms with Gasteiger partial charge in [0.2, 0.25) is 10.0 Å². The molecule has 0 saturated heterocycles. The van der Waals surface area contributed by atoms with Gasteiger partial charge in [0.15, 0.2) is 11.6 Å². The van der Waals surface area contributed by atoms with Crippen molar-refractivity contribution >= 4 is 16.0 Å². The van der Waals surface area contributed by atoms with Crippen LogP contribution in [0.1, 0.15) is 6.42 Å². The first kappa shape index (κ1) is 17.2. The van der Waals surface area contributed by atoms with Crippen molar-refractivity contribution in [3.8, 4) is 5.75 Å². The Morgan fingerprint density at radius 1 is 1.43 bits per heavy atom. The normalized spacial score (nSPS) is 11.9. The number of halogens is 3. The lowest BCUT2D eigenvalue weighted by molar-refractivity contribution is -0.137. The van der Waals surface area contributed by atoms with E-state index in [0.29, 0.717) is 6.07 Å². The Labute approximate surface area is 118 Å². The zero-order valence-electron chi connectivity index (χ0n) is 10.8. The largest absolute Gasteiger partial charge is 0.481 e. The van der Waals surface area contributed by atoms with E-state index in [9.17, 15) is 26.4 Å². The number of sulfonamides is 1. The minimum Gasteiger partial charge on any atom is -0.481 e. The zero-order chi connectivity index (χ0) is 16.2. The van der Waals surface area contributed by atoms with Crippen LogP contribution in [-0.2, 0) is 14.8 Å². The Morgan fingerprint density at radius 2 is 2.05 bits per heavy atom. The van der Waals surface area contributed by atoms with Gasteiger partial charge in [-0.1, -0.05) is 0 Å². The van der Waals surface area contributed by atoms with E-state index < -0.39 is 45.5 Å². The fourth-order valence-electron chi connectivity index (χ4n) is 1.39. The second kappa shape index (κ2) is 6.76. The maximum Gasteiger partial charge on any atom is 0.387 e. The van der Waals surface area contributed by atoms with Crippen LogP contribution in [0.2, 0.25) is 0 Å². The van der Waals surface area contributed by atoms with E-state index in [1.807, 2.05) is 0 Å². The fourth-order valence-corrected chi connectivity index (χ4v) is 2.57. The van der Waals surface area contributed by atoms with Crippen molar-refractivity contribution in [2.24, 2.45) is 0 Å². The Hall–Kier alpha value is -1.81. The number of nitrogens with zero attached hydrogens (tertiary/aromatic N) is 1. The van der Waals surface area contributed by atoms with Gasteiger partial charge < -0.3 is 9.84 Å². The molecule has 0 heterocycles. The summed E-state index contributed by atoms with van der Waals surface area (Å²) < 4.78 is 66.0. The molecule has 1 aromatic carbocycles. The number of carboxylic acid groups (broad SMARTS) is 1. The Morgan fingerprint density at radius 3 is 2.52 bits per heavy atom. The van der Waals surface area contributed by atoms with Crippen molar-refractivity contribution < 1.29 is 36.2 Å². The molecule has 0 unspecified atom stereocenters. The second-order valence-corrected chi connectivity index (χ2v) is 5.99. The van der Waals surface area contributed by atoms with Crippen LogP contribution >= 0.6 is 0 Å². The number of ether oxygens (including phenoxy) is 1. The van der Waals surface area contributed by atoms with Crippen molar-refractivity contribution in [3.63, 3.8) is 0 Å². The number of benzene rings is 1. The molecule has 10 heteroatoms. The number of carboxylic acids is 1. The predicted octanol–water partition coefficient (Wildman–Crippen LogP) is 1.52. The van der Waals surface area contributed by atoms with E-state index in [1.54, 1.807) is 0 Å². The molecule has 0 saturated carbocycles. The highest BCUT2D eigenvalue weighted by Crippen LogP contribution is 2.24. The molecular weight excluding hydrogens is 315 g/mol. The van der Waals surface area contributed by atoms with Gasteiger partial charge in [-0.25, -0.2) is 17.1 Å². The highest BCUT2D eigenvalue weighted by molar-refractivity contribution is 7.89. The lowest BCUT2D eigenvalue weighted by Crippen LogP contribution is -2.29. The maximum atomic E-state index is 13.5. The van der Waals surface area contributed by atoms with Crippen LogP contribution < -0.4 is 4.74 Å². The molecule has 118 valence electrons. The Bertz CT molecular complexity index is 620. The molecule has 0 fully saturated rings. The molecule has 0 amide bonds. The van der Waals surface area contributed by atoms with Crippen LogP contribution in [0.5, 0.6) is 5.75 Å². The Balaban J connectivity index is 2.98. The number of hydrogen-bond acceptors (Lipinski definition) is 4. The minimum absolute atomic E-state index is 0.311. The highest BCUT2D eigenvalue weighted by Gasteiger charge is 2.23. The summed E-state index contributed by atoms with van der Waals surface area (Å²) in [6.45, 7) is -3.55. The molecule has 0 radical (unpaired) electrons. The number of aliphatic carboxylic acids is 1. The number of carbonyl (C=O) groups is 1. The average Bonchev–Trinajstić information content (AvgIpc) is 2.37. The summed E-state index contributed by atoms with van der Waals surface area (Å²) in [7, 11) is -2.99. The van der Waals surface area contributed by atoms with Gasteiger partial charge in [-0.15, -0.1) is 0 Å². The first-order valence-corrected chi connectivity index (χ1v) is 7.01.